The van der Waals surface area contributed by atoms with Crippen LogP contribution in [0.4, 0.5) is 0 Å². The average molecular weight is 386 g/mol. The molecule has 0 spiro atoms. The Bertz CT molecular complexity index is 1210. The number of hydrogen-bond acceptors (Lipinski definition) is 5. The van der Waals surface area contributed by atoms with Gasteiger partial charge in [0.15, 0.2) is 5.69 Å². The van der Waals surface area contributed by atoms with Gasteiger partial charge in [0.1, 0.15) is 11.3 Å². The number of methoxy groups -OCH3 is 2. The summed E-state index contributed by atoms with van der Waals surface area (Å²) in [6, 6.07) is 22.7. The van der Waals surface area contributed by atoms with Gasteiger partial charge in [0.2, 0.25) is 0 Å². The van der Waals surface area contributed by atoms with Gasteiger partial charge in [0.05, 0.1) is 19.9 Å². The van der Waals surface area contributed by atoms with E-state index in [2.05, 4.69) is 5.10 Å². The largest absolute Gasteiger partial charge is 0.465 e. The number of benzene rings is 3. The van der Waals surface area contributed by atoms with Gasteiger partial charge in [0, 0.05) is 5.56 Å². The van der Waals surface area contributed by atoms with Crippen molar-refractivity contribution in [2.24, 2.45) is 0 Å². The van der Waals surface area contributed by atoms with Gasteiger partial charge in [-0.05, 0) is 29.0 Å². The van der Waals surface area contributed by atoms with Crippen LogP contribution in [0, 0.1) is 0 Å². The van der Waals surface area contributed by atoms with Crippen LogP contribution in [0.5, 0.6) is 0 Å². The van der Waals surface area contributed by atoms with Gasteiger partial charge in [-0.15, -0.1) is 0 Å². The van der Waals surface area contributed by atoms with E-state index in [9.17, 15) is 9.59 Å². The summed E-state index contributed by atoms with van der Waals surface area (Å²) in [5, 5.41) is 6.67. The number of esters is 2. The quantitative estimate of drug-likeness (QED) is 0.490. The fraction of sp³-hybridized carbons (Fsp3) is 0.0870. The molecule has 0 unspecified atom stereocenters. The van der Waals surface area contributed by atoms with Crippen molar-refractivity contribution in [2.75, 3.05) is 14.2 Å². The van der Waals surface area contributed by atoms with Crippen molar-refractivity contribution in [1.29, 1.82) is 0 Å². The van der Waals surface area contributed by atoms with E-state index in [0.717, 1.165) is 10.8 Å². The summed E-state index contributed by atoms with van der Waals surface area (Å²) in [6.07, 6.45) is 0. The first-order valence-corrected chi connectivity index (χ1v) is 8.98. The van der Waals surface area contributed by atoms with Gasteiger partial charge < -0.3 is 9.47 Å². The van der Waals surface area contributed by atoms with E-state index in [1.54, 1.807) is 12.1 Å². The second-order valence-electron chi connectivity index (χ2n) is 6.36. The van der Waals surface area contributed by atoms with Crippen LogP contribution in [-0.4, -0.2) is 35.9 Å². The average Bonchev–Trinajstić information content (AvgIpc) is 3.19. The molecule has 3 aromatic carbocycles. The Labute approximate surface area is 167 Å². The topological polar surface area (TPSA) is 70.4 Å². The van der Waals surface area contributed by atoms with E-state index >= 15 is 0 Å². The molecule has 0 fully saturated rings. The van der Waals surface area contributed by atoms with Crippen LogP contribution in [0.2, 0.25) is 0 Å². The lowest BCUT2D eigenvalue weighted by atomic mass is 10.0. The number of fused-ring (bicyclic) bond motifs is 1. The number of carbonyl (C=O) groups excluding carboxylic acids is 2. The van der Waals surface area contributed by atoms with Gasteiger partial charge in [0.25, 0.3) is 0 Å². The maximum absolute atomic E-state index is 12.7. The fourth-order valence-electron chi connectivity index (χ4n) is 3.29. The highest BCUT2D eigenvalue weighted by Gasteiger charge is 2.31. The number of ether oxygens (including phenoxy) is 2. The first-order chi connectivity index (χ1) is 14.1. The molecule has 0 N–H and O–H groups in total. The molecule has 0 bridgehead atoms. The first kappa shape index (κ1) is 18.4. The number of para-hydroxylation sites is 1. The second kappa shape index (κ2) is 7.59. The molecule has 0 radical (unpaired) electrons. The minimum Gasteiger partial charge on any atom is -0.465 e. The van der Waals surface area contributed by atoms with E-state index in [4.69, 9.17) is 9.47 Å². The molecule has 1 aromatic heterocycles. The van der Waals surface area contributed by atoms with Crippen molar-refractivity contribution in [3.05, 3.63) is 84.1 Å². The Morgan fingerprint density at radius 1 is 0.793 bits per heavy atom. The summed E-state index contributed by atoms with van der Waals surface area (Å²) in [6.45, 7) is 0. The summed E-state index contributed by atoms with van der Waals surface area (Å²) in [5.74, 6) is -1.33. The maximum Gasteiger partial charge on any atom is 0.357 e. The molecule has 1 heterocycles. The Morgan fingerprint density at radius 3 is 2.14 bits per heavy atom. The molecular weight excluding hydrogens is 368 g/mol. The van der Waals surface area contributed by atoms with Crippen LogP contribution in [-0.2, 0) is 9.47 Å². The maximum atomic E-state index is 12.7. The zero-order valence-electron chi connectivity index (χ0n) is 16.0. The third-order valence-electron chi connectivity index (χ3n) is 4.68. The highest BCUT2D eigenvalue weighted by Crippen LogP contribution is 2.31. The van der Waals surface area contributed by atoms with Crippen LogP contribution >= 0.6 is 0 Å². The van der Waals surface area contributed by atoms with Gasteiger partial charge in [-0.25, -0.2) is 14.3 Å². The van der Waals surface area contributed by atoms with Crippen molar-refractivity contribution >= 4 is 22.7 Å². The van der Waals surface area contributed by atoms with E-state index in [-0.39, 0.29) is 11.3 Å². The van der Waals surface area contributed by atoms with Crippen LogP contribution in [0.1, 0.15) is 20.8 Å². The van der Waals surface area contributed by atoms with E-state index in [0.29, 0.717) is 16.9 Å². The molecule has 0 aliphatic heterocycles. The van der Waals surface area contributed by atoms with E-state index < -0.39 is 11.9 Å². The van der Waals surface area contributed by atoms with Crippen LogP contribution in [0.25, 0.3) is 27.7 Å². The van der Waals surface area contributed by atoms with Crippen LogP contribution < -0.4 is 0 Å². The monoisotopic (exact) mass is 386 g/mol. The van der Waals surface area contributed by atoms with Crippen molar-refractivity contribution < 1.29 is 19.1 Å². The lowest BCUT2D eigenvalue weighted by Crippen LogP contribution is -2.15. The van der Waals surface area contributed by atoms with Crippen molar-refractivity contribution in [3.63, 3.8) is 0 Å². The fourth-order valence-corrected chi connectivity index (χ4v) is 3.29. The number of rotatable bonds is 4. The molecular formula is C23H18N2O4. The zero-order chi connectivity index (χ0) is 20.4. The van der Waals surface area contributed by atoms with E-state index in [1.807, 2.05) is 60.7 Å². The highest BCUT2D eigenvalue weighted by atomic mass is 16.5. The van der Waals surface area contributed by atoms with Gasteiger partial charge in [-0.2, -0.15) is 5.10 Å². The molecule has 0 amide bonds. The van der Waals surface area contributed by atoms with Gasteiger partial charge in [-0.3, -0.25) is 0 Å². The molecule has 0 aliphatic rings. The number of hydrogen-bond donors (Lipinski definition) is 0. The lowest BCUT2D eigenvalue weighted by molar-refractivity contribution is 0.0549. The summed E-state index contributed by atoms with van der Waals surface area (Å²) in [4.78, 5) is 25.3. The molecule has 0 atom stereocenters. The molecule has 0 saturated heterocycles. The van der Waals surface area contributed by atoms with Crippen molar-refractivity contribution in [1.82, 2.24) is 9.78 Å². The Balaban J connectivity index is 2.03. The summed E-state index contributed by atoms with van der Waals surface area (Å²) >= 11 is 0. The van der Waals surface area contributed by atoms with Gasteiger partial charge >= 0.3 is 11.9 Å². The van der Waals surface area contributed by atoms with Crippen molar-refractivity contribution in [3.8, 4) is 16.9 Å². The number of carbonyl (C=O) groups is 2. The molecule has 144 valence electrons. The Morgan fingerprint density at radius 2 is 1.45 bits per heavy atom. The minimum atomic E-state index is -0.672. The minimum absolute atomic E-state index is 0.0220. The lowest BCUT2D eigenvalue weighted by Gasteiger charge is -2.07. The number of aromatic nitrogens is 2. The molecule has 4 rings (SSSR count). The molecule has 0 aliphatic carbocycles. The molecule has 29 heavy (non-hydrogen) atoms. The SMILES string of the molecule is COC(=O)c1c(-c2ccc3ccccc3c2)nn(-c2ccccc2)c1C(=O)OC. The van der Waals surface area contributed by atoms with E-state index in [1.165, 1.54) is 18.9 Å². The number of nitrogens with zero attached hydrogens (tertiary/aromatic N) is 2. The van der Waals surface area contributed by atoms with Crippen LogP contribution in [0.15, 0.2) is 72.8 Å². The summed E-state index contributed by atoms with van der Waals surface area (Å²) in [7, 11) is 2.54. The standard InChI is InChI=1S/C23H18N2O4/c1-28-22(26)19-20(17-13-12-15-8-6-7-9-16(15)14-17)24-25(21(19)23(27)29-2)18-10-4-3-5-11-18/h3-14H,1-2H3. The predicted octanol–water partition coefficient (Wildman–Crippen LogP) is 4.27. The van der Waals surface area contributed by atoms with Crippen LogP contribution in [0.3, 0.4) is 0 Å². The van der Waals surface area contributed by atoms with Crippen molar-refractivity contribution in [2.45, 2.75) is 0 Å². The Kier molecular flexibility index (Phi) is 4.83. The third-order valence-corrected chi connectivity index (χ3v) is 4.68. The first-order valence-electron chi connectivity index (χ1n) is 8.98. The normalized spacial score (nSPS) is 10.7. The zero-order valence-corrected chi connectivity index (χ0v) is 16.0. The molecule has 4 aromatic rings. The Hall–Kier alpha value is -3.93. The molecule has 6 nitrogen and oxygen atoms in total. The molecule has 6 heteroatoms. The summed E-state index contributed by atoms with van der Waals surface area (Å²) in [5.41, 5.74) is 1.77. The summed E-state index contributed by atoms with van der Waals surface area (Å²) < 4.78 is 11.3. The molecule has 0 saturated carbocycles. The van der Waals surface area contributed by atoms with Gasteiger partial charge in [-0.1, -0.05) is 54.6 Å². The predicted molar refractivity (Wildman–Crippen MR) is 109 cm³/mol. The second-order valence-corrected chi connectivity index (χ2v) is 6.36. The smallest absolute Gasteiger partial charge is 0.357 e. The highest BCUT2D eigenvalue weighted by molar-refractivity contribution is 6.07. The third kappa shape index (κ3) is 3.25.